The van der Waals surface area contributed by atoms with Gasteiger partial charge in [-0.05, 0) is 88.9 Å². The summed E-state index contributed by atoms with van der Waals surface area (Å²) in [7, 11) is 0. The van der Waals surface area contributed by atoms with Crippen LogP contribution in [0.2, 0.25) is 0 Å². The molecular weight excluding hydrogens is 567 g/mol. The molecule has 0 aromatic carbocycles. The normalized spacial score (nSPS) is 42.6. The lowest BCUT2D eigenvalue weighted by molar-refractivity contribution is -0.337. The van der Waals surface area contributed by atoms with E-state index in [9.17, 15) is 34.8 Å². The largest absolute Gasteiger partial charge is 0.481 e. The molecular formula is C28H42Cl2O10. The number of hydrogen-bond acceptors (Lipinski definition) is 8. The summed E-state index contributed by atoms with van der Waals surface area (Å²) >= 11 is 13.4. The molecule has 12 heteroatoms. The fourth-order valence-electron chi connectivity index (χ4n) is 7.24. The van der Waals surface area contributed by atoms with Gasteiger partial charge in [-0.2, -0.15) is 0 Å². The third kappa shape index (κ3) is 8.01. The van der Waals surface area contributed by atoms with Gasteiger partial charge in [0, 0.05) is 5.92 Å². The van der Waals surface area contributed by atoms with Crippen molar-refractivity contribution in [2.45, 2.75) is 112 Å². The number of aliphatic hydroxyl groups is 2. The first kappa shape index (κ1) is 31.8. The molecule has 4 rings (SSSR count). The number of aliphatic carboxylic acids is 2. The van der Waals surface area contributed by atoms with Gasteiger partial charge in [-0.3, -0.25) is 14.4 Å². The van der Waals surface area contributed by atoms with E-state index in [4.69, 9.17) is 37.7 Å². The predicted molar refractivity (Wildman–Crippen MR) is 144 cm³/mol. The zero-order valence-electron chi connectivity index (χ0n) is 22.6. The van der Waals surface area contributed by atoms with E-state index < -0.39 is 59.4 Å². The summed E-state index contributed by atoms with van der Waals surface area (Å²) < 4.78 is 5.71. The Morgan fingerprint density at radius 2 is 1.20 bits per heavy atom. The Morgan fingerprint density at radius 3 is 1.77 bits per heavy atom. The topological polar surface area (TPSA) is 160 Å². The number of aliphatic hydroxyl groups excluding tert-OH is 2. The van der Waals surface area contributed by atoms with Gasteiger partial charge in [-0.15, -0.1) is 23.2 Å². The quantitative estimate of drug-likeness (QED) is 0.131. The summed E-state index contributed by atoms with van der Waals surface area (Å²) in [4.78, 5) is 47.1. The molecule has 4 saturated carbocycles. The number of halogens is 2. The summed E-state index contributed by atoms with van der Waals surface area (Å²) in [6.45, 7) is 0.0985. The van der Waals surface area contributed by atoms with Gasteiger partial charge < -0.3 is 25.2 Å². The maximum Gasteiger partial charge on any atom is 0.310 e. The Kier molecular flexibility index (Phi) is 11.4. The van der Waals surface area contributed by atoms with E-state index >= 15 is 0 Å². The Bertz CT molecular complexity index is 889. The highest BCUT2D eigenvalue weighted by atomic mass is 35.5. The number of hydrogen-bond donors (Lipinski definition) is 4. The second-order valence-electron chi connectivity index (χ2n) is 12.3. The van der Waals surface area contributed by atoms with E-state index in [-0.39, 0.29) is 36.8 Å². The molecule has 0 aromatic rings. The van der Waals surface area contributed by atoms with Crippen molar-refractivity contribution in [1.29, 1.82) is 0 Å². The second-order valence-corrected chi connectivity index (χ2v) is 13.4. The maximum atomic E-state index is 12.8. The van der Waals surface area contributed by atoms with Gasteiger partial charge in [0.1, 0.15) is 12.2 Å². The van der Waals surface area contributed by atoms with E-state index in [0.29, 0.717) is 63.2 Å². The molecule has 10 nitrogen and oxygen atoms in total. The molecule has 0 aromatic heterocycles. The zero-order chi connectivity index (χ0) is 29.0. The Labute approximate surface area is 244 Å². The first-order valence-corrected chi connectivity index (χ1v) is 15.5. The molecule has 4 fully saturated rings. The van der Waals surface area contributed by atoms with Crippen LogP contribution in [0.4, 0.5) is 0 Å². The summed E-state index contributed by atoms with van der Waals surface area (Å²) in [5.74, 6) is -4.45. The number of carboxylic acid groups (broad SMARTS) is 2. The molecule has 228 valence electrons. The van der Waals surface area contributed by atoms with Gasteiger partial charge in [-0.1, -0.05) is 0 Å². The van der Waals surface area contributed by atoms with Gasteiger partial charge in [0.05, 0.1) is 47.3 Å². The number of carboxylic acids is 2. The van der Waals surface area contributed by atoms with Crippen LogP contribution in [0.15, 0.2) is 0 Å². The Balaban J connectivity index is 1.20. The van der Waals surface area contributed by atoms with Crippen molar-refractivity contribution in [3.8, 4) is 0 Å². The third-order valence-electron chi connectivity index (χ3n) is 9.63. The molecule has 4 aliphatic carbocycles. The van der Waals surface area contributed by atoms with E-state index in [1.807, 2.05) is 0 Å². The first-order chi connectivity index (χ1) is 19.0. The van der Waals surface area contributed by atoms with Crippen LogP contribution >= 0.6 is 23.2 Å². The van der Waals surface area contributed by atoms with Crippen LogP contribution < -0.4 is 0 Å². The first-order valence-electron chi connectivity index (χ1n) is 14.6. The van der Waals surface area contributed by atoms with Gasteiger partial charge in [0.25, 0.3) is 0 Å². The monoisotopic (exact) mass is 608 g/mol. The van der Waals surface area contributed by atoms with Crippen LogP contribution in [0, 0.1) is 35.5 Å². The minimum Gasteiger partial charge on any atom is -0.481 e. The molecule has 0 saturated heterocycles. The SMILES string of the molecule is O=C(O)C1CCC(O)CC1COOC1CCC(C2CCC(OC(=O)C3CC(O)CCC3C(=O)O)C(Cl)C2)CC1Cl. The molecule has 0 spiro atoms. The lowest BCUT2D eigenvalue weighted by Gasteiger charge is -2.41. The van der Waals surface area contributed by atoms with E-state index in [0.717, 1.165) is 12.8 Å². The highest BCUT2D eigenvalue weighted by Gasteiger charge is 2.44. The number of carbonyl (C=O) groups excluding carboxylic acids is 1. The molecule has 0 heterocycles. The van der Waals surface area contributed by atoms with E-state index in [1.54, 1.807) is 0 Å². The Hall–Kier alpha value is -1.17. The zero-order valence-corrected chi connectivity index (χ0v) is 24.1. The van der Waals surface area contributed by atoms with Crippen molar-refractivity contribution in [2.75, 3.05) is 6.61 Å². The molecule has 12 atom stereocenters. The third-order valence-corrected chi connectivity index (χ3v) is 10.5. The summed E-state index contributed by atoms with van der Waals surface area (Å²) in [6.07, 6.45) is 4.27. The molecule has 4 aliphatic rings. The Morgan fingerprint density at radius 1 is 0.650 bits per heavy atom. The minimum atomic E-state index is -1.04. The number of alkyl halides is 2. The summed E-state index contributed by atoms with van der Waals surface area (Å²) in [6, 6.07) is 0. The van der Waals surface area contributed by atoms with Crippen LogP contribution in [-0.4, -0.2) is 80.1 Å². The fourth-order valence-corrected chi connectivity index (χ4v) is 8.04. The van der Waals surface area contributed by atoms with Crippen LogP contribution in [-0.2, 0) is 28.9 Å². The van der Waals surface area contributed by atoms with Crippen molar-refractivity contribution in [3.63, 3.8) is 0 Å². The van der Waals surface area contributed by atoms with Crippen LogP contribution in [0.1, 0.15) is 77.0 Å². The van der Waals surface area contributed by atoms with Crippen molar-refractivity contribution >= 4 is 41.1 Å². The maximum absolute atomic E-state index is 12.8. The molecule has 0 amide bonds. The van der Waals surface area contributed by atoms with Gasteiger partial charge in [0.15, 0.2) is 0 Å². The average Bonchev–Trinajstić information content (AvgIpc) is 2.90. The van der Waals surface area contributed by atoms with Crippen LogP contribution in [0.25, 0.3) is 0 Å². The number of ether oxygens (including phenoxy) is 1. The molecule has 4 N–H and O–H groups in total. The van der Waals surface area contributed by atoms with Gasteiger partial charge >= 0.3 is 17.9 Å². The van der Waals surface area contributed by atoms with Crippen LogP contribution in [0.3, 0.4) is 0 Å². The van der Waals surface area contributed by atoms with Crippen molar-refractivity contribution < 1.29 is 49.3 Å². The highest BCUT2D eigenvalue weighted by molar-refractivity contribution is 6.21. The molecule has 0 radical (unpaired) electrons. The number of carbonyl (C=O) groups is 3. The van der Waals surface area contributed by atoms with Crippen molar-refractivity contribution in [3.05, 3.63) is 0 Å². The van der Waals surface area contributed by atoms with Gasteiger partial charge in [0.2, 0.25) is 0 Å². The molecule has 0 aliphatic heterocycles. The van der Waals surface area contributed by atoms with Crippen LogP contribution in [0.5, 0.6) is 0 Å². The number of esters is 1. The predicted octanol–water partition coefficient (Wildman–Crippen LogP) is 3.75. The minimum absolute atomic E-state index is 0.0903. The molecule has 0 bridgehead atoms. The number of rotatable bonds is 9. The standard InChI is InChI=1S/C28H42Cl2O10/c29-22-10-14(1-7-24(22)39-28(37)21-12-18(32)4-6-20(21)27(35)36)15-2-8-25(23(30)11-15)40-38-13-16-9-17(31)3-5-19(16)26(33)34/h14-25,31-32H,1-13H2,(H,33,34)(H,35,36). The van der Waals surface area contributed by atoms with Gasteiger partial charge in [-0.25, -0.2) is 9.78 Å². The second kappa shape index (κ2) is 14.3. The average molecular weight is 610 g/mol. The smallest absolute Gasteiger partial charge is 0.310 e. The van der Waals surface area contributed by atoms with Crippen molar-refractivity contribution in [1.82, 2.24) is 0 Å². The molecule has 40 heavy (non-hydrogen) atoms. The highest BCUT2D eigenvalue weighted by Crippen LogP contribution is 2.43. The fraction of sp³-hybridized carbons (Fsp3) is 0.893. The lowest BCUT2D eigenvalue weighted by Crippen LogP contribution is -2.43. The molecule has 12 unspecified atom stereocenters. The summed E-state index contributed by atoms with van der Waals surface area (Å²) in [5, 5.41) is 38.2. The van der Waals surface area contributed by atoms with E-state index in [2.05, 4.69) is 0 Å². The lowest BCUT2D eigenvalue weighted by atomic mass is 9.72. The van der Waals surface area contributed by atoms with Crippen molar-refractivity contribution in [2.24, 2.45) is 35.5 Å². The summed E-state index contributed by atoms with van der Waals surface area (Å²) in [5.41, 5.74) is 0. The van der Waals surface area contributed by atoms with E-state index in [1.165, 1.54) is 0 Å².